The van der Waals surface area contributed by atoms with E-state index in [1.165, 1.54) is 0 Å². The minimum Gasteiger partial charge on any atom is -0.329 e. The molecule has 1 saturated carbocycles. The molecule has 1 fully saturated rings. The summed E-state index contributed by atoms with van der Waals surface area (Å²) in [5.41, 5.74) is 7.49. The second-order valence-electron chi connectivity index (χ2n) is 6.08. The molecular formula is C16H23BrN2O. The SMILES string of the molecule is Cc1ccc(Br)cc1NC(=O)C1(CN)CCC(C)CC1. The summed E-state index contributed by atoms with van der Waals surface area (Å²) in [5.74, 6) is 0.781. The molecular weight excluding hydrogens is 316 g/mol. The van der Waals surface area contributed by atoms with Crippen molar-refractivity contribution in [2.45, 2.75) is 39.5 Å². The van der Waals surface area contributed by atoms with E-state index in [0.29, 0.717) is 12.5 Å². The average Bonchev–Trinajstić information content (AvgIpc) is 2.44. The monoisotopic (exact) mass is 338 g/mol. The van der Waals surface area contributed by atoms with Gasteiger partial charge in [-0.15, -0.1) is 0 Å². The zero-order valence-electron chi connectivity index (χ0n) is 12.2. The average molecular weight is 339 g/mol. The largest absolute Gasteiger partial charge is 0.329 e. The van der Waals surface area contributed by atoms with Crippen LogP contribution in [0.1, 0.15) is 38.2 Å². The van der Waals surface area contributed by atoms with E-state index in [-0.39, 0.29) is 11.3 Å². The van der Waals surface area contributed by atoms with Crippen LogP contribution in [0, 0.1) is 18.3 Å². The molecule has 0 aliphatic heterocycles. The molecule has 0 bridgehead atoms. The number of aryl methyl sites for hydroxylation is 1. The first-order valence-corrected chi connectivity index (χ1v) is 8.04. The van der Waals surface area contributed by atoms with Crippen LogP contribution in [0.5, 0.6) is 0 Å². The first-order valence-electron chi connectivity index (χ1n) is 7.24. The highest BCUT2D eigenvalue weighted by atomic mass is 79.9. The highest BCUT2D eigenvalue weighted by molar-refractivity contribution is 9.10. The molecule has 20 heavy (non-hydrogen) atoms. The van der Waals surface area contributed by atoms with Crippen molar-refractivity contribution in [1.82, 2.24) is 0 Å². The Morgan fingerprint density at radius 2 is 2.10 bits per heavy atom. The normalized spacial score (nSPS) is 26.3. The van der Waals surface area contributed by atoms with Gasteiger partial charge in [0.25, 0.3) is 0 Å². The molecule has 1 aliphatic carbocycles. The zero-order valence-corrected chi connectivity index (χ0v) is 13.8. The molecule has 1 aromatic carbocycles. The number of nitrogens with two attached hydrogens (primary N) is 1. The molecule has 0 saturated heterocycles. The molecule has 0 radical (unpaired) electrons. The fourth-order valence-corrected chi connectivity index (χ4v) is 3.18. The highest BCUT2D eigenvalue weighted by Crippen LogP contribution is 2.39. The van der Waals surface area contributed by atoms with Crippen LogP contribution in [0.2, 0.25) is 0 Å². The third-order valence-corrected chi connectivity index (χ3v) is 5.04. The summed E-state index contributed by atoms with van der Waals surface area (Å²) in [5, 5.41) is 3.08. The molecule has 110 valence electrons. The van der Waals surface area contributed by atoms with E-state index in [1.54, 1.807) is 0 Å². The maximum Gasteiger partial charge on any atom is 0.231 e. The van der Waals surface area contributed by atoms with E-state index in [1.807, 2.05) is 25.1 Å². The Balaban J connectivity index is 2.15. The summed E-state index contributed by atoms with van der Waals surface area (Å²) in [4.78, 5) is 12.7. The maximum atomic E-state index is 12.7. The lowest BCUT2D eigenvalue weighted by Gasteiger charge is -2.37. The summed E-state index contributed by atoms with van der Waals surface area (Å²) in [6.07, 6.45) is 3.96. The van der Waals surface area contributed by atoms with Gasteiger partial charge in [0.05, 0.1) is 5.41 Å². The van der Waals surface area contributed by atoms with Gasteiger partial charge in [-0.1, -0.05) is 28.9 Å². The second-order valence-corrected chi connectivity index (χ2v) is 7.00. The Morgan fingerprint density at radius 3 is 2.70 bits per heavy atom. The number of carbonyl (C=O) groups excluding carboxylic acids is 1. The number of rotatable bonds is 3. The van der Waals surface area contributed by atoms with E-state index in [4.69, 9.17) is 5.73 Å². The third-order valence-electron chi connectivity index (χ3n) is 4.55. The minimum absolute atomic E-state index is 0.0769. The Labute approximate surface area is 129 Å². The molecule has 0 atom stereocenters. The molecule has 0 unspecified atom stereocenters. The number of halogens is 1. The molecule has 1 amide bonds. The van der Waals surface area contributed by atoms with Gasteiger partial charge in [0.1, 0.15) is 0 Å². The lowest BCUT2D eigenvalue weighted by molar-refractivity contribution is -0.127. The lowest BCUT2D eigenvalue weighted by atomic mass is 9.70. The van der Waals surface area contributed by atoms with Crippen LogP contribution >= 0.6 is 15.9 Å². The standard InChI is InChI=1S/C16H23BrN2O/c1-11-5-7-16(10-18,8-6-11)15(20)19-14-9-13(17)4-3-12(14)2/h3-4,9,11H,5-8,10,18H2,1-2H3,(H,19,20). The Hall–Kier alpha value is -0.870. The van der Waals surface area contributed by atoms with Crippen molar-refractivity contribution in [3.05, 3.63) is 28.2 Å². The summed E-state index contributed by atoms with van der Waals surface area (Å²) in [6.45, 7) is 4.68. The van der Waals surface area contributed by atoms with Crippen LogP contribution in [0.15, 0.2) is 22.7 Å². The van der Waals surface area contributed by atoms with Gasteiger partial charge in [-0.25, -0.2) is 0 Å². The van der Waals surface area contributed by atoms with Gasteiger partial charge in [-0.3, -0.25) is 4.79 Å². The summed E-state index contributed by atoms with van der Waals surface area (Å²) in [7, 11) is 0. The Bertz CT molecular complexity index is 493. The van der Waals surface area contributed by atoms with E-state index in [2.05, 4.69) is 28.2 Å². The molecule has 1 aromatic rings. The molecule has 0 spiro atoms. The molecule has 3 nitrogen and oxygen atoms in total. The lowest BCUT2D eigenvalue weighted by Crippen LogP contribution is -2.44. The zero-order chi connectivity index (χ0) is 14.8. The third kappa shape index (κ3) is 3.23. The van der Waals surface area contributed by atoms with Gasteiger partial charge < -0.3 is 11.1 Å². The maximum absolute atomic E-state index is 12.7. The molecule has 2 rings (SSSR count). The van der Waals surface area contributed by atoms with Gasteiger partial charge in [0.2, 0.25) is 5.91 Å². The number of carbonyl (C=O) groups is 1. The van der Waals surface area contributed by atoms with Gasteiger partial charge >= 0.3 is 0 Å². The Morgan fingerprint density at radius 1 is 1.45 bits per heavy atom. The van der Waals surface area contributed by atoms with Crippen LogP contribution in [0.3, 0.4) is 0 Å². The summed E-state index contributed by atoms with van der Waals surface area (Å²) < 4.78 is 0.970. The predicted octanol–water partition coefficient (Wildman–Crippen LogP) is 3.85. The Kier molecular flexibility index (Phi) is 4.86. The van der Waals surface area contributed by atoms with Crippen molar-refractivity contribution in [2.75, 3.05) is 11.9 Å². The van der Waals surface area contributed by atoms with Crippen molar-refractivity contribution in [3.63, 3.8) is 0 Å². The first-order chi connectivity index (χ1) is 9.47. The molecule has 0 aromatic heterocycles. The van der Waals surface area contributed by atoms with Crippen LogP contribution in [-0.4, -0.2) is 12.5 Å². The number of anilines is 1. The summed E-state index contributed by atoms with van der Waals surface area (Å²) in [6, 6.07) is 5.92. The van der Waals surface area contributed by atoms with Gasteiger partial charge in [0.15, 0.2) is 0 Å². The topological polar surface area (TPSA) is 55.1 Å². The van der Waals surface area contributed by atoms with Crippen molar-refractivity contribution in [2.24, 2.45) is 17.1 Å². The molecule has 4 heteroatoms. The number of hydrogen-bond acceptors (Lipinski definition) is 2. The molecule has 1 aliphatic rings. The summed E-state index contributed by atoms with van der Waals surface area (Å²) >= 11 is 3.44. The van der Waals surface area contributed by atoms with Crippen molar-refractivity contribution in [1.29, 1.82) is 0 Å². The van der Waals surface area contributed by atoms with Crippen molar-refractivity contribution in [3.8, 4) is 0 Å². The number of nitrogens with one attached hydrogen (secondary N) is 1. The van der Waals surface area contributed by atoms with E-state index in [9.17, 15) is 4.79 Å². The number of benzene rings is 1. The van der Waals surface area contributed by atoms with Crippen LogP contribution in [0.4, 0.5) is 5.69 Å². The van der Waals surface area contributed by atoms with Crippen molar-refractivity contribution >= 4 is 27.5 Å². The highest BCUT2D eigenvalue weighted by Gasteiger charge is 2.39. The number of hydrogen-bond donors (Lipinski definition) is 2. The van der Waals surface area contributed by atoms with Crippen molar-refractivity contribution < 1.29 is 4.79 Å². The smallest absolute Gasteiger partial charge is 0.231 e. The quantitative estimate of drug-likeness (QED) is 0.879. The minimum atomic E-state index is -0.388. The van der Waals surface area contributed by atoms with Gasteiger partial charge in [0, 0.05) is 16.7 Å². The van der Waals surface area contributed by atoms with Crippen LogP contribution in [0.25, 0.3) is 0 Å². The predicted molar refractivity (Wildman–Crippen MR) is 86.6 cm³/mol. The van der Waals surface area contributed by atoms with E-state index < -0.39 is 0 Å². The second kappa shape index (κ2) is 6.27. The number of amides is 1. The fraction of sp³-hybridized carbons (Fsp3) is 0.562. The van der Waals surface area contributed by atoms with Crippen LogP contribution < -0.4 is 11.1 Å². The van der Waals surface area contributed by atoms with E-state index in [0.717, 1.165) is 41.4 Å². The van der Waals surface area contributed by atoms with Gasteiger partial charge in [-0.05, 0) is 56.2 Å². The van der Waals surface area contributed by atoms with E-state index >= 15 is 0 Å². The van der Waals surface area contributed by atoms with Crippen LogP contribution in [-0.2, 0) is 4.79 Å². The van der Waals surface area contributed by atoms with Gasteiger partial charge in [-0.2, -0.15) is 0 Å². The molecule has 0 heterocycles. The molecule has 3 N–H and O–H groups in total. The first kappa shape index (κ1) is 15.5. The fourth-order valence-electron chi connectivity index (χ4n) is 2.82.